The second-order valence-electron chi connectivity index (χ2n) is 4.80. The molecule has 0 heterocycles. The SMILES string of the molecule is COCCN(c1ccc(C(=O)O)cc1C)C(C)COC. The lowest BCUT2D eigenvalue weighted by Gasteiger charge is -2.32. The standard InChI is InChI=1S/C15H23NO4/c1-11-9-13(15(17)18)5-6-14(11)16(7-8-19-3)12(2)10-20-4/h5-6,9,12H,7-8,10H2,1-4H3,(H,17,18). The third kappa shape index (κ3) is 4.21. The van der Waals surface area contributed by atoms with Crippen molar-refractivity contribution in [1.82, 2.24) is 0 Å². The van der Waals surface area contributed by atoms with Crippen LogP contribution in [0, 0.1) is 6.92 Å². The Hall–Kier alpha value is -1.59. The van der Waals surface area contributed by atoms with Gasteiger partial charge in [0, 0.05) is 32.5 Å². The van der Waals surface area contributed by atoms with Gasteiger partial charge in [0.2, 0.25) is 0 Å². The largest absolute Gasteiger partial charge is 0.478 e. The van der Waals surface area contributed by atoms with Crippen LogP contribution in [0.1, 0.15) is 22.8 Å². The molecule has 20 heavy (non-hydrogen) atoms. The van der Waals surface area contributed by atoms with E-state index in [-0.39, 0.29) is 6.04 Å². The molecular formula is C15H23NO4. The summed E-state index contributed by atoms with van der Waals surface area (Å²) in [4.78, 5) is 13.2. The van der Waals surface area contributed by atoms with Crippen molar-refractivity contribution >= 4 is 11.7 Å². The predicted molar refractivity (Wildman–Crippen MR) is 78.7 cm³/mol. The third-order valence-electron chi connectivity index (χ3n) is 3.23. The molecule has 0 fully saturated rings. The Bertz CT molecular complexity index is 447. The molecule has 1 atom stereocenters. The summed E-state index contributed by atoms with van der Waals surface area (Å²) >= 11 is 0. The van der Waals surface area contributed by atoms with E-state index in [1.165, 1.54) is 0 Å². The van der Waals surface area contributed by atoms with Crippen molar-refractivity contribution in [2.45, 2.75) is 19.9 Å². The lowest BCUT2D eigenvalue weighted by Crippen LogP contribution is -2.39. The lowest BCUT2D eigenvalue weighted by molar-refractivity contribution is 0.0697. The van der Waals surface area contributed by atoms with Gasteiger partial charge in [0.05, 0.1) is 18.8 Å². The summed E-state index contributed by atoms with van der Waals surface area (Å²) in [5.74, 6) is -0.909. The van der Waals surface area contributed by atoms with E-state index >= 15 is 0 Å². The summed E-state index contributed by atoms with van der Waals surface area (Å²) in [6.07, 6.45) is 0. The summed E-state index contributed by atoms with van der Waals surface area (Å²) in [6, 6.07) is 5.35. The van der Waals surface area contributed by atoms with Gasteiger partial charge in [-0.1, -0.05) is 0 Å². The minimum absolute atomic E-state index is 0.185. The smallest absolute Gasteiger partial charge is 0.335 e. The van der Waals surface area contributed by atoms with Gasteiger partial charge < -0.3 is 19.5 Å². The van der Waals surface area contributed by atoms with Gasteiger partial charge in [0.15, 0.2) is 0 Å². The molecule has 0 aliphatic heterocycles. The first kappa shape index (κ1) is 16.5. The minimum Gasteiger partial charge on any atom is -0.478 e. The van der Waals surface area contributed by atoms with Crippen LogP contribution < -0.4 is 4.90 Å². The van der Waals surface area contributed by atoms with Crippen molar-refractivity contribution in [3.63, 3.8) is 0 Å². The Balaban J connectivity index is 3.03. The topological polar surface area (TPSA) is 59.0 Å². The number of aromatic carboxylic acids is 1. The van der Waals surface area contributed by atoms with E-state index in [1.54, 1.807) is 26.4 Å². The zero-order chi connectivity index (χ0) is 15.1. The van der Waals surface area contributed by atoms with E-state index in [2.05, 4.69) is 11.8 Å². The summed E-state index contributed by atoms with van der Waals surface area (Å²) in [5.41, 5.74) is 2.25. The van der Waals surface area contributed by atoms with Crippen molar-refractivity contribution in [1.29, 1.82) is 0 Å². The second-order valence-corrected chi connectivity index (χ2v) is 4.80. The molecule has 0 spiro atoms. The number of anilines is 1. The van der Waals surface area contributed by atoms with Crippen molar-refractivity contribution in [2.75, 3.05) is 38.9 Å². The van der Waals surface area contributed by atoms with Crippen molar-refractivity contribution < 1.29 is 19.4 Å². The zero-order valence-corrected chi connectivity index (χ0v) is 12.5. The maximum absolute atomic E-state index is 11.0. The highest BCUT2D eigenvalue weighted by molar-refractivity contribution is 5.88. The maximum atomic E-state index is 11.0. The lowest BCUT2D eigenvalue weighted by atomic mass is 10.1. The summed E-state index contributed by atoms with van der Waals surface area (Å²) in [7, 11) is 3.34. The van der Waals surface area contributed by atoms with Gasteiger partial charge in [0.1, 0.15) is 0 Å². The van der Waals surface area contributed by atoms with Crippen LogP contribution >= 0.6 is 0 Å². The fraction of sp³-hybridized carbons (Fsp3) is 0.533. The van der Waals surface area contributed by atoms with Crippen LogP contribution in [0.5, 0.6) is 0 Å². The zero-order valence-electron chi connectivity index (χ0n) is 12.5. The number of ether oxygens (including phenoxy) is 2. The Morgan fingerprint density at radius 3 is 2.55 bits per heavy atom. The number of carbonyl (C=O) groups is 1. The van der Waals surface area contributed by atoms with Crippen molar-refractivity contribution in [2.24, 2.45) is 0 Å². The molecule has 0 amide bonds. The highest BCUT2D eigenvalue weighted by atomic mass is 16.5. The van der Waals surface area contributed by atoms with Crippen LogP contribution in [0.2, 0.25) is 0 Å². The van der Waals surface area contributed by atoms with Gasteiger partial charge >= 0.3 is 5.97 Å². The van der Waals surface area contributed by atoms with Crippen LogP contribution in [-0.4, -0.2) is 51.1 Å². The van der Waals surface area contributed by atoms with Crippen LogP contribution in [0.25, 0.3) is 0 Å². The average Bonchev–Trinajstić information content (AvgIpc) is 2.40. The molecule has 0 aromatic heterocycles. The number of methoxy groups -OCH3 is 2. The van der Waals surface area contributed by atoms with Gasteiger partial charge in [0.25, 0.3) is 0 Å². The van der Waals surface area contributed by atoms with E-state index in [4.69, 9.17) is 14.6 Å². The fourth-order valence-corrected chi connectivity index (χ4v) is 2.21. The number of carboxylic acid groups (broad SMARTS) is 1. The quantitative estimate of drug-likeness (QED) is 0.791. The summed E-state index contributed by atoms with van der Waals surface area (Å²) < 4.78 is 10.4. The van der Waals surface area contributed by atoms with Gasteiger partial charge in [-0.3, -0.25) is 0 Å². The van der Waals surface area contributed by atoms with Gasteiger partial charge in [-0.15, -0.1) is 0 Å². The monoisotopic (exact) mass is 281 g/mol. The summed E-state index contributed by atoms with van der Waals surface area (Å²) in [6.45, 7) is 5.93. The van der Waals surface area contributed by atoms with E-state index < -0.39 is 5.97 Å². The number of carboxylic acids is 1. The predicted octanol–water partition coefficient (Wildman–Crippen LogP) is 2.18. The Morgan fingerprint density at radius 2 is 2.05 bits per heavy atom. The van der Waals surface area contributed by atoms with Gasteiger partial charge in [-0.2, -0.15) is 0 Å². The normalized spacial score (nSPS) is 12.2. The summed E-state index contributed by atoms with van der Waals surface area (Å²) in [5, 5.41) is 9.02. The Labute approximate surface area is 120 Å². The first-order chi connectivity index (χ1) is 9.51. The molecule has 0 bridgehead atoms. The number of hydrogen-bond acceptors (Lipinski definition) is 4. The molecule has 1 N–H and O–H groups in total. The van der Waals surface area contributed by atoms with Gasteiger partial charge in [-0.25, -0.2) is 4.79 Å². The number of hydrogen-bond donors (Lipinski definition) is 1. The Kier molecular flexibility index (Phi) is 6.48. The van der Waals surface area contributed by atoms with Crippen molar-refractivity contribution in [3.05, 3.63) is 29.3 Å². The molecule has 1 unspecified atom stereocenters. The van der Waals surface area contributed by atoms with Crippen LogP contribution in [0.15, 0.2) is 18.2 Å². The van der Waals surface area contributed by atoms with E-state index in [9.17, 15) is 4.79 Å². The number of nitrogens with zero attached hydrogens (tertiary/aromatic N) is 1. The number of aryl methyl sites for hydroxylation is 1. The molecule has 0 aliphatic carbocycles. The molecule has 0 saturated carbocycles. The molecule has 0 radical (unpaired) electrons. The molecule has 5 heteroatoms. The minimum atomic E-state index is -0.909. The Morgan fingerprint density at radius 1 is 1.35 bits per heavy atom. The molecule has 1 aromatic carbocycles. The van der Waals surface area contributed by atoms with E-state index in [0.717, 1.165) is 17.8 Å². The number of benzene rings is 1. The average molecular weight is 281 g/mol. The molecule has 1 rings (SSSR count). The molecule has 1 aromatic rings. The van der Waals surface area contributed by atoms with Crippen LogP contribution in [-0.2, 0) is 9.47 Å². The van der Waals surface area contributed by atoms with E-state index in [1.807, 2.05) is 13.0 Å². The van der Waals surface area contributed by atoms with E-state index in [0.29, 0.717) is 18.8 Å². The van der Waals surface area contributed by atoms with Crippen molar-refractivity contribution in [3.8, 4) is 0 Å². The number of rotatable bonds is 8. The van der Waals surface area contributed by atoms with Gasteiger partial charge in [-0.05, 0) is 37.6 Å². The molecule has 0 aliphatic rings. The first-order valence-corrected chi connectivity index (χ1v) is 6.59. The maximum Gasteiger partial charge on any atom is 0.335 e. The first-order valence-electron chi connectivity index (χ1n) is 6.59. The molecular weight excluding hydrogens is 258 g/mol. The fourth-order valence-electron chi connectivity index (χ4n) is 2.21. The van der Waals surface area contributed by atoms with Crippen LogP contribution in [0.3, 0.4) is 0 Å². The highest BCUT2D eigenvalue weighted by Crippen LogP contribution is 2.23. The third-order valence-corrected chi connectivity index (χ3v) is 3.23. The second kappa shape index (κ2) is 7.87. The molecule has 112 valence electrons. The van der Waals surface area contributed by atoms with Crippen LogP contribution in [0.4, 0.5) is 5.69 Å². The molecule has 0 saturated heterocycles. The molecule has 5 nitrogen and oxygen atoms in total. The highest BCUT2D eigenvalue weighted by Gasteiger charge is 2.17.